The number of aliphatic hydroxyl groups excluding tert-OH is 2. The Balaban J connectivity index is 1.67. The van der Waals surface area contributed by atoms with Gasteiger partial charge in [-0.3, -0.25) is 0 Å². The maximum atomic E-state index is 11.2. The van der Waals surface area contributed by atoms with E-state index in [1.54, 1.807) is 0 Å². The van der Waals surface area contributed by atoms with Gasteiger partial charge in [-0.2, -0.15) is 0 Å². The van der Waals surface area contributed by atoms with Crippen LogP contribution in [0.5, 0.6) is 0 Å². The smallest absolute Gasteiger partial charge is 0.0902 e. The van der Waals surface area contributed by atoms with Crippen LogP contribution in [0.15, 0.2) is 16.8 Å². The Morgan fingerprint density at radius 2 is 2.03 bits per heavy atom. The molecule has 2 radical (unpaired) electrons. The van der Waals surface area contributed by atoms with Gasteiger partial charge in [0.2, 0.25) is 0 Å². The molecule has 5 aliphatic rings. The quantitative estimate of drug-likeness (QED) is 0.217. The lowest BCUT2D eigenvalue weighted by molar-refractivity contribution is -0.253. The molecule has 7 nitrogen and oxygen atoms in total. The zero-order valence-electron chi connectivity index (χ0n) is 17.2. The number of nitrogens with zero attached hydrogens (tertiary/aromatic N) is 3. The maximum Gasteiger partial charge on any atom is 0.0902 e. The summed E-state index contributed by atoms with van der Waals surface area (Å²) >= 11 is 0. The first kappa shape index (κ1) is 19.9. The van der Waals surface area contributed by atoms with E-state index in [2.05, 4.69) is 23.0 Å². The first-order valence-corrected chi connectivity index (χ1v) is 10.8. The molecule has 9 atom stereocenters. The standard InChI is InChI=1S/C21H30BN3O4/c1-17-5-6-19(11-26)9-12-15(22)16(27)13(24-25-23)10-20(12)7-8-21(19,29-20)14(17)3-4-18(17,2)28/h9,13-16,26-28H,3-8,10-11H2,1-2H3/t13-,14+,15-,16+,17-,18-,19+,20+,21-/m0/s1. The fraction of sp³-hybridized carbons (Fsp3) is 0.905. The van der Waals surface area contributed by atoms with E-state index in [4.69, 9.17) is 18.1 Å². The Kier molecular flexibility index (Phi) is 3.98. The van der Waals surface area contributed by atoms with Gasteiger partial charge in [-0.25, -0.2) is 0 Å². The van der Waals surface area contributed by atoms with E-state index in [0.29, 0.717) is 6.42 Å². The maximum absolute atomic E-state index is 11.2. The summed E-state index contributed by atoms with van der Waals surface area (Å²) in [5.74, 6) is -0.553. The molecular weight excluding hydrogens is 369 g/mol. The van der Waals surface area contributed by atoms with Crippen LogP contribution in [0.4, 0.5) is 0 Å². The summed E-state index contributed by atoms with van der Waals surface area (Å²) in [6.07, 6.45) is 6.18. The van der Waals surface area contributed by atoms with Crippen LogP contribution >= 0.6 is 0 Å². The summed E-state index contributed by atoms with van der Waals surface area (Å²) in [4.78, 5) is 2.92. The predicted molar refractivity (Wildman–Crippen MR) is 107 cm³/mol. The number of azide groups is 1. The van der Waals surface area contributed by atoms with Crippen LogP contribution in [0, 0.1) is 16.7 Å². The number of hydrogen-bond donors (Lipinski definition) is 3. The fourth-order valence-corrected chi connectivity index (χ4v) is 7.88. The SMILES string of the molecule is [B][C@H]1C2=C[C@@]3(CO)CC[C@@]4(C)[C@@H](CC[C@]4(C)O)[C@@]34CC[C@]2(C[C@H](N=[N+]=[N-])[C@H]1O)O4. The highest BCUT2D eigenvalue weighted by Gasteiger charge is 2.75. The molecule has 4 fully saturated rings. The number of rotatable bonds is 2. The average Bonchev–Trinajstić information content (AvgIpc) is 3.13. The van der Waals surface area contributed by atoms with Gasteiger partial charge in [0.05, 0.1) is 43.4 Å². The Bertz CT molecular complexity index is 829. The molecular formula is C21H30BN3O4. The average molecular weight is 399 g/mol. The fourth-order valence-electron chi connectivity index (χ4n) is 7.88. The number of fused-ring (bicyclic) bond motifs is 1. The normalized spacial score (nSPS) is 57.9. The molecule has 5 rings (SSSR count). The van der Waals surface area contributed by atoms with Crippen molar-refractivity contribution in [2.45, 2.75) is 93.6 Å². The molecule has 2 bridgehead atoms. The van der Waals surface area contributed by atoms with Gasteiger partial charge in [-0.05, 0) is 74.7 Å². The molecule has 8 heteroatoms. The highest BCUT2D eigenvalue weighted by molar-refractivity contribution is 6.14. The minimum Gasteiger partial charge on any atom is -0.395 e. The van der Waals surface area contributed by atoms with Crippen molar-refractivity contribution in [2.75, 3.05) is 6.61 Å². The van der Waals surface area contributed by atoms with Gasteiger partial charge < -0.3 is 20.1 Å². The van der Waals surface area contributed by atoms with Crippen molar-refractivity contribution in [3.05, 3.63) is 22.1 Å². The van der Waals surface area contributed by atoms with Crippen molar-refractivity contribution in [1.29, 1.82) is 0 Å². The van der Waals surface area contributed by atoms with Crippen molar-refractivity contribution in [3.8, 4) is 0 Å². The van der Waals surface area contributed by atoms with Gasteiger partial charge >= 0.3 is 0 Å². The second kappa shape index (κ2) is 5.80. The van der Waals surface area contributed by atoms with Crippen LogP contribution in [0.1, 0.15) is 58.8 Å². The van der Waals surface area contributed by atoms with Crippen LogP contribution in [-0.2, 0) is 4.74 Å². The first-order chi connectivity index (χ1) is 13.6. The molecule has 2 heterocycles. The molecule has 0 unspecified atom stereocenters. The topological polar surface area (TPSA) is 119 Å². The highest BCUT2D eigenvalue weighted by atomic mass is 16.5. The monoisotopic (exact) mass is 399 g/mol. The number of hydrogen-bond acceptors (Lipinski definition) is 5. The van der Waals surface area contributed by atoms with Gasteiger partial charge in [0.25, 0.3) is 0 Å². The van der Waals surface area contributed by atoms with Crippen molar-refractivity contribution in [1.82, 2.24) is 0 Å². The molecule has 29 heavy (non-hydrogen) atoms. The van der Waals surface area contributed by atoms with E-state index < -0.39 is 40.2 Å². The largest absolute Gasteiger partial charge is 0.395 e. The van der Waals surface area contributed by atoms with Crippen LogP contribution in [0.3, 0.4) is 0 Å². The molecule has 0 amide bonds. The zero-order chi connectivity index (χ0) is 20.9. The minimum atomic E-state index is -0.962. The molecule has 1 saturated heterocycles. The lowest BCUT2D eigenvalue weighted by Crippen LogP contribution is -2.67. The Morgan fingerprint density at radius 1 is 1.28 bits per heavy atom. The first-order valence-electron chi connectivity index (χ1n) is 10.8. The summed E-state index contributed by atoms with van der Waals surface area (Å²) in [7, 11) is 6.44. The van der Waals surface area contributed by atoms with Crippen molar-refractivity contribution in [3.63, 3.8) is 0 Å². The third-order valence-electron chi connectivity index (χ3n) is 9.79. The van der Waals surface area contributed by atoms with E-state index in [0.717, 1.165) is 44.1 Å². The third kappa shape index (κ3) is 2.12. The lowest BCUT2D eigenvalue weighted by Gasteiger charge is -2.64. The summed E-state index contributed by atoms with van der Waals surface area (Å²) in [6, 6.07) is -0.634. The van der Waals surface area contributed by atoms with Gasteiger partial charge in [-0.15, -0.1) is 0 Å². The summed E-state index contributed by atoms with van der Waals surface area (Å²) in [6.45, 7) is 4.08. The Morgan fingerprint density at radius 3 is 2.72 bits per heavy atom. The van der Waals surface area contributed by atoms with Crippen LogP contribution in [0.2, 0.25) is 5.82 Å². The van der Waals surface area contributed by atoms with E-state index >= 15 is 0 Å². The number of aliphatic hydroxyl groups is 3. The second-order valence-electron chi connectivity index (χ2n) is 10.7. The predicted octanol–water partition coefficient (Wildman–Crippen LogP) is 2.55. The Labute approximate surface area is 172 Å². The third-order valence-corrected chi connectivity index (χ3v) is 9.79. The molecule has 3 saturated carbocycles. The van der Waals surface area contributed by atoms with Crippen LogP contribution < -0.4 is 0 Å². The van der Waals surface area contributed by atoms with Gasteiger partial charge in [0.1, 0.15) is 0 Å². The minimum absolute atomic E-state index is 0.0378. The van der Waals surface area contributed by atoms with Crippen molar-refractivity contribution < 1.29 is 20.1 Å². The van der Waals surface area contributed by atoms with E-state index in [-0.39, 0.29) is 17.9 Å². The van der Waals surface area contributed by atoms with Gasteiger partial charge in [0.15, 0.2) is 0 Å². The lowest BCUT2D eigenvalue weighted by atomic mass is 9.48. The summed E-state index contributed by atoms with van der Waals surface area (Å²) in [5.41, 5.74) is 6.98. The molecule has 3 aliphatic carbocycles. The van der Waals surface area contributed by atoms with Gasteiger partial charge in [0, 0.05) is 15.7 Å². The van der Waals surface area contributed by atoms with Crippen molar-refractivity contribution in [2.24, 2.45) is 21.9 Å². The molecule has 0 aromatic rings. The Hall–Kier alpha value is -1.05. The molecule has 0 aromatic carbocycles. The molecule has 156 valence electrons. The number of ether oxygens (including phenoxy) is 1. The van der Waals surface area contributed by atoms with Crippen LogP contribution in [-0.4, -0.2) is 58.7 Å². The van der Waals surface area contributed by atoms with E-state index in [9.17, 15) is 15.3 Å². The molecule has 3 N–H and O–H groups in total. The molecule has 2 spiro atoms. The van der Waals surface area contributed by atoms with Gasteiger partial charge in [-0.1, -0.05) is 18.1 Å². The van der Waals surface area contributed by atoms with E-state index in [1.807, 2.05) is 6.92 Å². The zero-order valence-corrected chi connectivity index (χ0v) is 17.2. The van der Waals surface area contributed by atoms with Crippen LogP contribution in [0.25, 0.3) is 10.4 Å². The van der Waals surface area contributed by atoms with E-state index in [1.165, 1.54) is 0 Å². The second-order valence-corrected chi connectivity index (χ2v) is 10.7. The van der Waals surface area contributed by atoms with Crippen molar-refractivity contribution >= 4 is 7.85 Å². The summed E-state index contributed by atoms with van der Waals surface area (Å²) in [5, 5.41) is 36.3. The summed E-state index contributed by atoms with van der Waals surface area (Å²) < 4.78 is 7.03. The molecule has 2 aliphatic heterocycles. The molecule has 0 aromatic heterocycles. The highest BCUT2D eigenvalue weighted by Crippen LogP contribution is 2.73.